The van der Waals surface area contributed by atoms with E-state index in [4.69, 9.17) is 4.98 Å². The predicted molar refractivity (Wildman–Crippen MR) is 98.9 cm³/mol. The first-order chi connectivity index (χ1) is 12.0. The lowest BCUT2D eigenvalue weighted by atomic mass is 10.1. The van der Waals surface area contributed by atoms with Crippen LogP contribution in [0.3, 0.4) is 0 Å². The minimum atomic E-state index is -0.117. The zero-order valence-corrected chi connectivity index (χ0v) is 14.8. The van der Waals surface area contributed by atoms with Crippen LogP contribution in [0.5, 0.6) is 0 Å². The molecule has 1 amide bonds. The Labute approximate surface area is 146 Å². The monoisotopic (exact) mass is 335 g/mol. The van der Waals surface area contributed by atoms with Crippen molar-refractivity contribution in [2.75, 3.05) is 5.32 Å². The number of pyridine rings is 1. The van der Waals surface area contributed by atoms with Crippen molar-refractivity contribution in [3.63, 3.8) is 0 Å². The Bertz CT molecular complexity index is 956. The van der Waals surface area contributed by atoms with Crippen LogP contribution in [0.2, 0.25) is 0 Å². The van der Waals surface area contributed by atoms with Crippen molar-refractivity contribution in [2.45, 2.75) is 33.6 Å². The molecule has 1 aromatic carbocycles. The second kappa shape index (κ2) is 6.84. The number of imidazole rings is 1. The maximum Gasteiger partial charge on any atom is 0.221 e. The number of benzene rings is 1. The van der Waals surface area contributed by atoms with E-state index in [1.54, 1.807) is 6.07 Å². The smallest absolute Gasteiger partial charge is 0.221 e. The minimum Gasteiger partial charge on any atom is -0.326 e. The second-order valence-electron chi connectivity index (χ2n) is 6.29. The van der Waals surface area contributed by atoms with Crippen molar-refractivity contribution in [1.29, 1.82) is 0 Å². The Balaban J connectivity index is 2.02. The molecular weight excluding hydrogens is 314 g/mol. The van der Waals surface area contributed by atoms with E-state index in [1.165, 1.54) is 6.92 Å². The summed E-state index contributed by atoms with van der Waals surface area (Å²) in [7, 11) is 0. The SMILES string of the molecule is CC(=O)Nc1cccc(N=Nc2c(C(C)C)nc3c(C)cccn23)c1. The minimum absolute atomic E-state index is 0.117. The summed E-state index contributed by atoms with van der Waals surface area (Å²) in [5.74, 6) is 0.853. The molecule has 3 aromatic rings. The van der Waals surface area contributed by atoms with Crippen LogP contribution in [0.1, 0.15) is 37.9 Å². The number of rotatable bonds is 4. The van der Waals surface area contributed by atoms with Crippen LogP contribution in [0.4, 0.5) is 17.2 Å². The van der Waals surface area contributed by atoms with Gasteiger partial charge in [0.25, 0.3) is 0 Å². The lowest BCUT2D eigenvalue weighted by Gasteiger charge is -2.03. The average Bonchev–Trinajstić information content (AvgIpc) is 2.93. The number of nitrogens with one attached hydrogen (secondary N) is 1. The highest BCUT2D eigenvalue weighted by atomic mass is 16.1. The maximum absolute atomic E-state index is 11.2. The first-order valence-corrected chi connectivity index (χ1v) is 8.22. The standard InChI is InChI=1S/C19H21N5O/c1-12(2)17-19(24-10-6-7-13(3)18(24)21-17)23-22-16-9-5-8-15(11-16)20-14(4)25/h5-12H,1-4H3,(H,20,25). The summed E-state index contributed by atoms with van der Waals surface area (Å²) < 4.78 is 1.96. The number of hydrogen-bond donors (Lipinski definition) is 1. The van der Waals surface area contributed by atoms with E-state index in [0.717, 1.165) is 22.7 Å². The van der Waals surface area contributed by atoms with Gasteiger partial charge in [-0.2, -0.15) is 0 Å². The number of aryl methyl sites for hydroxylation is 1. The average molecular weight is 335 g/mol. The Morgan fingerprint density at radius 2 is 2.00 bits per heavy atom. The van der Waals surface area contributed by atoms with Crippen LogP contribution in [-0.2, 0) is 4.79 Å². The van der Waals surface area contributed by atoms with E-state index in [2.05, 4.69) is 29.4 Å². The van der Waals surface area contributed by atoms with Gasteiger partial charge in [0.2, 0.25) is 5.91 Å². The summed E-state index contributed by atoms with van der Waals surface area (Å²) >= 11 is 0. The molecule has 2 heterocycles. The van der Waals surface area contributed by atoms with Gasteiger partial charge in [-0.15, -0.1) is 10.2 Å². The van der Waals surface area contributed by atoms with Gasteiger partial charge in [0.15, 0.2) is 5.82 Å². The number of aromatic nitrogens is 2. The van der Waals surface area contributed by atoms with Crippen LogP contribution in [0, 0.1) is 6.92 Å². The van der Waals surface area contributed by atoms with E-state index in [-0.39, 0.29) is 11.8 Å². The van der Waals surface area contributed by atoms with Gasteiger partial charge in [0.05, 0.1) is 11.4 Å². The Kier molecular flexibility index (Phi) is 4.61. The number of carbonyl (C=O) groups is 1. The first kappa shape index (κ1) is 16.8. The number of fused-ring (bicyclic) bond motifs is 1. The third kappa shape index (κ3) is 3.57. The summed E-state index contributed by atoms with van der Waals surface area (Å²) in [5.41, 5.74) is 4.27. The zero-order chi connectivity index (χ0) is 18.0. The third-order valence-corrected chi connectivity index (χ3v) is 3.82. The van der Waals surface area contributed by atoms with Crippen LogP contribution in [0.25, 0.3) is 5.65 Å². The molecule has 0 atom stereocenters. The molecule has 25 heavy (non-hydrogen) atoms. The molecule has 0 radical (unpaired) electrons. The van der Waals surface area contributed by atoms with E-state index >= 15 is 0 Å². The van der Waals surface area contributed by atoms with Gasteiger partial charge in [0, 0.05) is 18.8 Å². The van der Waals surface area contributed by atoms with Crippen LogP contribution in [-0.4, -0.2) is 15.3 Å². The van der Waals surface area contributed by atoms with E-state index < -0.39 is 0 Å². The molecule has 0 unspecified atom stereocenters. The molecule has 0 aliphatic carbocycles. The summed E-state index contributed by atoms with van der Waals surface area (Å²) in [6.07, 6.45) is 1.95. The molecule has 2 aromatic heterocycles. The number of carbonyl (C=O) groups excluding carboxylic acids is 1. The van der Waals surface area contributed by atoms with Crippen molar-refractivity contribution in [3.8, 4) is 0 Å². The Morgan fingerprint density at radius 3 is 2.72 bits per heavy atom. The molecule has 128 valence electrons. The summed E-state index contributed by atoms with van der Waals surface area (Å²) in [5, 5.41) is 11.6. The molecule has 0 spiro atoms. The van der Waals surface area contributed by atoms with Gasteiger partial charge in [-0.05, 0) is 42.7 Å². The van der Waals surface area contributed by atoms with Gasteiger partial charge in [-0.3, -0.25) is 9.20 Å². The van der Waals surface area contributed by atoms with Gasteiger partial charge in [-0.1, -0.05) is 26.0 Å². The summed E-state index contributed by atoms with van der Waals surface area (Å²) in [4.78, 5) is 15.9. The summed E-state index contributed by atoms with van der Waals surface area (Å²) in [6, 6.07) is 11.3. The van der Waals surface area contributed by atoms with Crippen LogP contribution >= 0.6 is 0 Å². The normalized spacial score (nSPS) is 11.6. The molecule has 6 heteroatoms. The number of hydrogen-bond acceptors (Lipinski definition) is 4. The predicted octanol–water partition coefficient (Wildman–Crippen LogP) is 5.14. The number of anilines is 1. The fourth-order valence-electron chi connectivity index (χ4n) is 2.65. The van der Waals surface area contributed by atoms with Crippen molar-refractivity contribution in [1.82, 2.24) is 9.38 Å². The highest BCUT2D eigenvalue weighted by Crippen LogP contribution is 2.30. The molecular formula is C19H21N5O. The number of azo groups is 1. The summed E-state index contributed by atoms with van der Waals surface area (Å²) in [6.45, 7) is 7.69. The molecule has 1 N–H and O–H groups in total. The van der Waals surface area contributed by atoms with Crippen LogP contribution in [0.15, 0.2) is 52.8 Å². The molecule has 0 bridgehead atoms. The van der Waals surface area contributed by atoms with Gasteiger partial charge >= 0.3 is 0 Å². The fourth-order valence-corrected chi connectivity index (χ4v) is 2.65. The third-order valence-electron chi connectivity index (χ3n) is 3.82. The molecule has 0 fully saturated rings. The van der Waals surface area contributed by atoms with Crippen molar-refractivity contribution < 1.29 is 4.79 Å². The van der Waals surface area contributed by atoms with E-state index in [0.29, 0.717) is 11.4 Å². The molecule has 0 saturated carbocycles. The van der Waals surface area contributed by atoms with Gasteiger partial charge in [0.1, 0.15) is 5.65 Å². The second-order valence-corrected chi connectivity index (χ2v) is 6.29. The Hall–Kier alpha value is -3.02. The van der Waals surface area contributed by atoms with Gasteiger partial charge in [-0.25, -0.2) is 4.98 Å². The Morgan fingerprint density at radius 1 is 1.20 bits per heavy atom. The number of amides is 1. The topological polar surface area (TPSA) is 71.1 Å². The largest absolute Gasteiger partial charge is 0.326 e. The molecule has 6 nitrogen and oxygen atoms in total. The quantitative estimate of drug-likeness (QED) is 0.671. The fraction of sp³-hybridized carbons (Fsp3) is 0.263. The first-order valence-electron chi connectivity index (χ1n) is 8.22. The zero-order valence-electron chi connectivity index (χ0n) is 14.8. The molecule has 0 aliphatic rings. The van der Waals surface area contributed by atoms with E-state index in [1.807, 2.05) is 47.9 Å². The van der Waals surface area contributed by atoms with Crippen molar-refractivity contribution in [3.05, 3.63) is 53.9 Å². The van der Waals surface area contributed by atoms with Crippen LogP contribution < -0.4 is 5.32 Å². The van der Waals surface area contributed by atoms with Crippen molar-refractivity contribution in [2.24, 2.45) is 10.2 Å². The molecule has 3 rings (SSSR count). The van der Waals surface area contributed by atoms with E-state index in [9.17, 15) is 4.79 Å². The molecule has 0 saturated heterocycles. The van der Waals surface area contributed by atoms with Crippen molar-refractivity contribution >= 4 is 28.7 Å². The lowest BCUT2D eigenvalue weighted by Crippen LogP contribution is -2.04. The van der Waals surface area contributed by atoms with Gasteiger partial charge < -0.3 is 5.32 Å². The highest BCUT2D eigenvalue weighted by Gasteiger charge is 2.16. The molecule has 0 aliphatic heterocycles. The number of nitrogens with zero attached hydrogens (tertiary/aromatic N) is 4. The maximum atomic E-state index is 11.2. The lowest BCUT2D eigenvalue weighted by molar-refractivity contribution is -0.114. The highest BCUT2D eigenvalue weighted by molar-refractivity contribution is 5.89.